The molecule has 1 atom stereocenters. The van der Waals surface area contributed by atoms with Gasteiger partial charge in [0.2, 0.25) is 0 Å². The van der Waals surface area contributed by atoms with Crippen LogP contribution in [0.5, 0.6) is 0 Å². The van der Waals surface area contributed by atoms with E-state index < -0.39 is 0 Å². The van der Waals surface area contributed by atoms with E-state index >= 15 is 0 Å². The van der Waals surface area contributed by atoms with Crippen LogP contribution in [-0.4, -0.2) is 22.1 Å². The Kier molecular flexibility index (Phi) is 4.30. The lowest BCUT2D eigenvalue weighted by Crippen LogP contribution is -2.30. The Bertz CT molecular complexity index is 516. The third-order valence-corrected chi connectivity index (χ3v) is 3.85. The van der Waals surface area contributed by atoms with Crippen LogP contribution in [0.4, 0.5) is 5.69 Å². The van der Waals surface area contributed by atoms with E-state index in [4.69, 9.17) is 0 Å². The fourth-order valence-electron chi connectivity index (χ4n) is 3.21. The summed E-state index contributed by atoms with van der Waals surface area (Å²) in [4.78, 5) is 2.60. The van der Waals surface area contributed by atoms with Crippen LogP contribution in [0.15, 0.2) is 36.4 Å². The molecule has 1 nitrogen and oxygen atoms in total. The number of anilines is 1. The summed E-state index contributed by atoms with van der Waals surface area (Å²) in [5.41, 5.74) is 6.09. The number of fused-ring (bicyclic) bond motifs is 3. The molecular weight excluding hydrogens is 246 g/mol. The molecule has 0 saturated carbocycles. The van der Waals surface area contributed by atoms with Crippen LogP contribution in [0.3, 0.4) is 0 Å². The second kappa shape index (κ2) is 5.79. The maximum atomic E-state index is 2.60. The summed E-state index contributed by atoms with van der Waals surface area (Å²) in [5, 5.41) is 0. The lowest BCUT2D eigenvalue weighted by atomic mass is 9.94. The van der Waals surface area contributed by atoms with Gasteiger partial charge in [-0.05, 0) is 24.0 Å². The molecule has 0 aromatic heterocycles. The smallest absolute Gasteiger partial charge is 0.0584 e. The summed E-state index contributed by atoms with van der Waals surface area (Å²) in [7, 11) is 0.417. The minimum Gasteiger partial charge on any atom is -0.363 e. The van der Waals surface area contributed by atoms with Crippen molar-refractivity contribution in [1.29, 1.82) is 0 Å². The maximum Gasteiger partial charge on any atom is 0.0584 e. The van der Waals surface area contributed by atoms with Crippen molar-refractivity contribution in [1.82, 2.24) is 0 Å². The van der Waals surface area contributed by atoms with Crippen molar-refractivity contribution < 1.29 is 0 Å². The molecule has 0 spiro atoms. The minimum absolute atomic E-state index is 0. The van der Waals surface area contributed by atoms with Crippen LogP contribution in [-0.2, 0) is 6.42 Å². The highest BCUT2D eigenvalue weighted by molar-refractivity contribution is 6.31. The lowest BCUT2D eigenvalue weighted by molar-refractivity contribution is 0.744. The zero-order valence-corrected chi connectivity index (χ0v) is 12.7. The molecule has 2 heterocycles. The van der Waals surface area contributed by atoms with Gasteiger partial charge in [0.15, 0.2) is 0 Å². The lowest BCUT2D eigenvalue weighted by Gasteiger charge is -2.24. The highest BCUT2D eigenvalue weighted by Gasteiger charge is 2.37. The Morgan fingerprint density at radius 1 is 1.26 bits per heavy atom. The van der Waals surface area contributed by atoms with Crippen LogP contribution in [0.1, 0.15) is 25.0 Å². The van der Waals surface area contributed by atoms with Gasteiger partial charge in [0.25, 0.3) is 0 Å². The summed E-state index contributed by atoms with van der Waals surface area (Å²) in [6, 6.07) is 7.40. The van der Waals surface area contributed by atoms with Gasteiger partial charge in [-0.15, -0.1) is 0 Å². The molecule has 2 heteroatoms. The van der Waals surface area contributed by atoms with Gasteiger partial charge in [-0.2, -0.15) is 0 Å². The van der Waals surface area contributed by atoms with Gasteiger partial charge < -0.3 is 4.90 Å². The first-order valence-electron chi connectivity index (χ1n) is 7.12. The monoisotopic (exact) mass is 271 g/mol. The molecule has 102 valence electrons. The molecule has 4 rings (SSSR count). The van der Waals surface area contributed by atoms with Gasteiger partial charge in [-0.25, -0.2) is 0 Å². The van der Waals surface area contributed by atoms with Crippen LogP contribution >= 0.6 is 0 Å². The predicted molar refractivity (Wildman–Crippen MR) is 90.0 cm³/mol. The number of benzene rings is 1. The van der Waals surface area contributed by atoms with Gasteiger partial charge in [0, 0.05) is 27.3 Å². The number of para-hydroxylation sites is 1. The van der Waals surface area contributed by atoms with Crippen molar-refractivity contribution in [3.8, 4) is 0 Å². The van der Waals surface area contributed by atoms with E-state index in [0.29, 0.717) is 15.6 Å². The average molecular weight is 271 g/mol. The molecule has 19 heavy (non-hydrogen) atoms. The predicted octanol–water partition coefficient (Wildman–Crippen LogP) is 3.66. The normalized spacial score (nSPS) is 20.8. The Balaban J connectivity index is 0.000000308. The zero-order chi connectivity index (χ0) is 12.5. The molecule has 1 aliphatic carbocycles. The van der Waals surface area contributed by atoms with E-state index in [1.165, 1.54) is 36.2 Å². The van der Waals surface area contributed by atoms with Crippen LogP contribution in [0.2, 0.25) is 13.1 Å². The molecule has 1 aromatic rings. The zero-order valence-electron chi connectivity index (χ0n) is 11.3. The van der Waals surface area contributed by atoms with Crippen LogP contribution in [0.25, 0.3) is 5.57 Å². The first-order chi connectivity index (χ1) is 8.86. The number of allylic oxidation sites excluding steroid dienone is 2. The molecule has 0 fully saturated rings. The summed E-state index contributed by atoms with van der Waals surface area (Å²) < 4.78 is 0. The molecule has 2 aliphatic heterocycles. The van der Waals surface area contributed by atoms with Crippen LogP contribution < -0.4 is 4.90 Å². The molecule has 3 aliphatic rings. The van der Waals surface area contributed by atoms with Gasteiger partial charge in [-0.3, -0.25) is 0 Å². The van der Waals surface area contributed by atoms with E-state index in [0.717, 1.165) is 0 Å². The fraction of sp³-hybridized carbons (Fsp3) is 0.412. The first kappa shape index (κ1) is 14.1. The third-order valence-electron chi connectivity index (χ3n) is 3.85. The third kappa shape index (κ3) is 2.18. The Morgan fingerprint density at radius 2 is 2.05 bits per heavy atom. The molecule has 0 radical (unpaired) electrons. The van der Waals surface area contributed by atoms with Crippen molar-refractivity contribution >= 4 is 20.8 Å². The quantitative estimate of drug-likeness (QED) is 0.651. The van der Waals surface area contributed by atoms with E-state index in [1.807, 2.05) is 0 Å². The second-order valence-corrected chi connectivity index (χ2v) is 6.68. The largest absolute Gasteiger partial charge is 0.363 e. The first-order valence-corrected chi connectivity index (χ1v) is 9.95. The second-order valence-electron chi connectivity index (χ2n) is 5.27. The van der Waals surface area contributed by atoms with Gasteiger partial charge >= 0.3 is 0 Å². The SMILES string of the molecule is C.C1=CCC2C(=C1)c1cccc3c1N2CC3.C[SiH2]C. The molecule has 0 bridgehead atoms. The van der Waals surface area contributed by atoms with Crippen molar-refractivity contribution in [2.24, 2.45) is 0 Å². The van der Waals surface area contributed by atoms with Gasteiger partial charge in [0.1, 0.15) is 0 Å². The van der Waals surface area contributed by atoms with Gasteiger partial charge in [0.05, 0.1) is 6.04 Å². The van der Waals surface area contributed by atoms with E-state index in [1.54, 1.807) is 5.56 Å². The highest BCUT2D eigenvalue weighted by Crippen LogP contribution is 2.47. The minimum atomic E-state index is 0. The topological polar surface area (TPSA) is 3.24 Å². The van der Waals surface area contributed by atoms with Gasteiger partial charge in [-0.1, -0.05) is 56.9 Å². The summed E-state index contributed by atoms with van der Waals surface area (Å²) in [6.07, 6.45) is 9.20. The Hall–Kier alpha value is -1.28. The van der Waals surface area contributed by atoms with Crippen molar-refractivity contribution in [3.05, 3.63) is 47.6 Å². The number of hydrogen-bond donors (Lipinski definition) is 0. The molecule has 0 saturated heterocycles. The fourth-order valence-corrected chi connectivity index (χ4v) is 3.21. The van der Waals surface area contributed by atoms with E-state index in [-0.39, 0.29) is 7.43 Å². The molecule has 1 aromatic carbocycles. The van der Waals surface area contributed by atoms with E-state index in [9.17, 15) is 0 Å². The van der Waals surface area contributed by atoms with E-state index in [2.05, 4.69) is 54.4 Å². The standard InChI is InChI=1S/C14H13N.C2H8Si.CH4/c1-2-7-13-11(5-1)12-6-3-4-10-8-9-15(13)14(10)12;1-3-2;/h1-6,13H,7-9H2;3H2,1-2H3;1H4. The van der Waals surface area contributed by atoms with Crippen molar-refractivity contribution in [2.75, 3.05) is 11.4 Å². The summed E-state index contributed by atoms with van der Waals surface area (Å²) >= 11 is 0. The maximum absolute atomic E-state index is 2.60. The molecule has 1 unspecified atom stereocenters. The Morgan fingerprint density at radius 3 is 2.84 bits per heavy atom. The molecule has 0 N–H and O–H groups in total. The highest BCUT2D eigenvalue weighted by atomic mass is 28.2. The average Bonchev–Trinajstić information content (AvgIpc) is 2.96. The molecular formula is C17H25NSi. The summed E-state index contributed by atoms with van der Waals surface area (Å²) in [5.74, 6) is 0. The number of rotatable bonds is 0. The van der Waals surface area contributed by atoms with Crippen molar-refractivity contribution in [3.63, 3.8) is 0 Å². The summed E-state index contributed by atoms with van der Waals surface area (Å²) in [6.45, 7) is 5.74. The number of nitrogens with zero attached hydrogens (tertiary/aromatic N) is 1. The molecule has 0 amide bonds. The number of hydrogen-bond acceptors (Lipinski definition) is 1. The Labute approximate surface area is 119 Å². The van der Waals surface area contributed by atoms with Crippen LogP contribution in [0, 0.1) is 0 Å². The van der Waals surface area contributed by atoms with Crippen molar-refractivity contribution in [2.45, 2.75) is 39.4 Å².